The summed E-state index contributed by atoms with van der Waals surface area (Å²) in [5, 5.41) is 5.23. The van der Waals surface area contributed by atoms with Crippen LogP contribution in [0.15, 0.2) is 18.2 Å². The van der Waals surface area contributed by atoms with Gasteiger partial charge in [0, 0.05) is 30.1 Å². The zero-order valence-corrected chi connectivity index (χ0v) is 14.9. The molecule has 2 heterocycles. The molecule has 7 nitrogen and oxygen atoms in total. The predicted molar refractivity (Wildman–Crippen MR) is 95.5 cm³/mol. The van der Waals surface area contributed by atoms with E-state index in [1.165, 1.54) is 17.7 Å². The molecular weight excluding hydrogens is 346 g/mol. The van der Waals surface area contributed by atoms with Crippen molar-refractivity contribution in [2.75, 3.05) is 5.32 Å². The molecule has 0 aromatic heterocycles. The highest BCUT2D eigenvalue weighted by Gasteiger charge is 2.54. The summed E-state index contributed by atoms with van der Waals surface area (Å²) in [6.07, 6.45) is 5.04. The van der Waals surface area contributed by atoms with E-state index >= 15 is 0 Å². The Labute approximate surface area is 156 Å². The summed E-state index contributed by atoms with van der Waals surface area (Å²) in [7, 11) is 0. The van der Waals surface area contributed by atoms with Crippen LogP contribution in [0.25, 0.3) is 0 Å². The third-order valence-corrected chi connectivity index (χ3v) is 6.48. The average Bonchev–Trinajstić information content (AvgIpc) is 3.34. The van der Waals surface area contributed by atoms with Crippen molar-refractivity contribution in [3.05, 3.63) is 29.3 Å². The van der Waals surface area contributed by atoms with Gasteiger partial charge in [0.25, 0.3) is 5.91 Å². The summed E-state index contributed by atoms with van der Waals surface area (Å²) in [5.74, 6) is -0.832. The number of nitrogens with zero attached hydrogens (tertiary/aromatic N) is 1. The number of piperidine rings is 1. The Bertz CT molecular complexity index is 881. The van der Waals surface area contributed by atoms with Gasteiger partial charge in [0.15, 0.2) is 0 Å². The molecule has 1 saturated heterocycles. The second-order valence-electron chi connectivity index (χ2n) is 8.37. The molecule has 5 rings (SSSR count). The first-order valence-electron chi connectivity index (χ1n) is 9.53. The Morgan fingerprint density at radius 1 is 1.19 bits per heavy atom. The molecule has 4 amide bonds. The number of rotatable bonds is 3. The maximum Gasteiger partial charge on any atom is 0.255 e. The minimum absolute atomic E-state index is 0.0277. The molecule has 2 aliphatic carbocycles. The number of carbonyl (C=O) groups excluding carboxylic acids is 4. The maximum atomic E-state index is 12.8. The highest BCUT2D eigenvalue weighted by Crippen LogP contribution is 2.63. The van der Waals surface area contributed by atoms with Crippen molar-refractivity contribution < 1.29 is 19.2 Å². The minimum atomic E-state index is -0.620. The molecule has 4 aliphatic rings. The van der Waals surface area contributed by atoms with E-state index in [1.54, 1.807) is 6.07 Å². The molecule has 3 fully saturated rings. The zero-order valence-electron chi connectivity index (χ0n) is 14.9. The summed E-state index contributed by atoms with van der Waals surface area (Å²) in [6.45, 7) is 0.347. The monoisotopic (exact) mass is 367 g/mol. The van der Waals surface area contributed by atoms with Gasteiger partial charge in [-0.3, -0.25) is 24.5 Å². The maximum absolute atomic E-state index is 12.8. The van der Waals surface area contributed by atoms with E-state index < -0.39 is 11.9 Å². The fraction of sp³-hybridized carbons (Fsp3) is 0.500. The molecule has 2 saturated carbocycles. The average molecular weight is 367 g/mol. The molecule has 1 spiro atoms. The minimum Gasteiger partial charge on any atom is -0.326 e. The van der Waals surface area contributed by atoms with Crippen LogP contribution in [0.5, 0.6) is 0 Å². The van der Waals surface area contributed by atoms with Gasteiger partial charge in [-0.1, -0.05) is 6.07 Å². The molecule has 1 aromatic rings. The second-order valence-corrected chi connectivity index (χ2v) is 8.37. The number of hydrogen-bond donors (Lipinski definition) is 2. The van der Waals surface area contributed by atoms with E-state index in [0.29, 0.717) is 29.6 Å². The summed E-state index contributed by atoms with van der Waals surface area (Å²) >= 11 is 0. The van der Waals surface area contributed by atoms with Crippen LogP contribution in [0.3, 0.4) is 0 Å². The van der Waals surface area contributed by atoms with Crippen LogP contribution >= 0.6 is 0 Å². The van der Waals surface area contributed by atoms with Gasteiger partial charge < -0.3 is 10.2 Å². The Kier molecular flexibility index (Phi) is 3.44. The van der Waals surface area contributed by atoms with E-state index in [4.69, 9.17) is 0 Å². The summed E-state index contributed by atoms with van der Waals surface area (Å²) in [6, 6.07) is 4.72. The normalized spacial score (nSPS) is 25.9. The molecular formula is C20H21N3O4. The van der Waals surface area contributed by atoms with Crippen molar-refractivity contribution in [2.45, 2.75) is 51.1 Å². The molecule has 27 heavy (non-hydrogen) atoms. The summed E-state index contributed by atoms with van der Waals surface area (Å²) < 4.78 is 0. The molecule has 1 atom stereocenters. The van der Waals surface area contributed by atoms with Gasteiger partial charge >= 0.3 is 0 Å². The van der Waals surface area contributed by atoms with Crippen LogP contribution in [0, 0.1) is 11.3 Å². The molecule has 0 bridgehead atoms. The topological polar surface area (TPSA) is 95.6 Å². The standard InChI is InChI=1S/C20H21N3O4/c24-16-4-3-15(18(26)22-16)23-10-11-1-2-13(7-14(11)19(23)27)21-17(25)12-8-20(9-12)5-6-20/h1-2,7,12,15H,3-6,8-10H2,(H,21,25)(H,22,24,26). The van der Waals surface area contributed by atoms with Crippen LogP contribution in [0.1, 0.15) is 54.4 Å². The van der Waals surface area contributed by atoms with Crippen LogP contribution in [0.4, 0.5) is 5.69 Å². The number of fused-ring (bicyclic) bond motifs is 1. The molecule has 1 unspecified atom stereocenters. The van der Waals surface area contributed by atoms with E-state index in [2.05, 4.69) is 10.6 Å². The molecule has 7 heteroatoms. The molecule has 2 aliphatic heterocycles. The number of anilines is 1. The van der Waals surface area contributed by atoms with E-state index in [1.807, 2.05) is 12.1 Å². The fourth-order valence-corrected chi connectivity index (χ4v) is 4.63. The zero-order chi connectivity index (χ0) is 18.8. The third kappa shape index (κ3) is 2.72. The van der Waals surface area contributed by atoms with Crippen molar-refractivity contribution in [3.8, 4) is 0 Å². The lowest BCUT2D eigenvalue weighted by Gasteiger charge is -2.34. The van der Waals surface area contributed by atoms with Crippen molar-refractivity contribution in [3.63, 3.8) is 0 Å². The summed E-state index contributed by atoms with van der Waals surface area (Å²) in [5.41, 5.74) is 2.44. The van der Waals surface area contributed by atoms with Gasteiger partial charge in [-0.2, -0.15) is 0 Å². The van der Waals surface area contributed by atoms with Crippen LogP contribution in [0.2, 0.25) is 0 Å². The van der Waals surface area contributed by atoms with E-state index in [-0.39, 0.29) is 30.1 Å². The highest BCUT2D eigenvalue weighted by atomic mass is 16.2. The molecule has 140 valence electrons. The van der Waals surface area contributed by atoms with Gasteiger partial charge in [0.05, 0.1) is 0 Å². The molecule has 0 radical (unpaired) electrons. The Hall–Kier alpha value is -2.70. The van der Waals surface area contributed by atoms with E-state index in [9.17, 15) is 19.2 Å². The third-order valence-electron chi connectivity index (χ3n) is 6.48. The Morgan fingerprint density at radius 3 is 2.67 bits per heavy atom. The smallest absolute Gasteiger partial charge is 0.255 e. The lowest BCUT2D eigenvalue weighted by molar-refractivity contribution is -0.137. The van der Waals surface area contributed by atoms with Gasteiger partial charge in [-0.05, 0) is 55.2 Å². The lowest BCUT2D eigenvalue weighted by Crippen LogP contribution is -2.52. The van der Waals surface area contributed by atoms with Crippen LogP contribution in [-0.4, -0.2) is 34.6 Å². The van der Waals surface area contributed by atoms with Gasteiger partial charge in [-0.15, -0.1) is 0 Å². The van der Waals surface area contributed by atoms with Crippen LogP contribution < -0.4 is 10.6 Å². The lowest BCUT2D eigenvalue weighted by atomic mass is 9.71. The van der Waals surface area contributed by atoms with Crippen molar-refractivity contribution in [1.82, 2.24) is 10.2 Å². The van der Waals surface area contributed by atoms with Gasteiger partial charge in [0.1, 0.15) is 6.04 Å². The molecule has 1 aromatic carbocycles. The fourth-order valence-electron chi connectivity index (χ4n) is 4.63. The second kappa shape index (κ2) is 5.65. The van der Waals surface area contributed by atoms with Crippen molar-refractivity contribution in [1.29, 1.82) is 0 Å². The summed E-state index contributed by atoms with van der Waals surface area (Å²) in [4.78, 5) is 50.1. The Morgan fingerprint density at radius 2 is 1.96 bits per heavy atom. The van der Waals surface area contributed by atoms with Crippen molar-refractivity contribution in [2.24, 2.45) is 11.3 Å². The SMILES string of the molecule is O=C1CCC(N2Cc3ccc(NC(=O)C4CC5(CC5)C4)cc3C2=O)C(=O)N1. The number of benzene rings is 1. The number of nitrogens with one attached hydrogen (secondary N) is 2. The quantitative estimate of drug-likeness (QED) is 0.793. The van der Waals surface area contributed by atoms with Crippen LogP contribution in [-0.2, 0) is 20.9 Å². The number of hydrogen-bond acceptors (Lipinski definition) is 4. The van der Waals surface area contributed by atoms with E-state index in [0.717, 1.165) is 18.4 Å². The number of carbonyl (C=O) groups is 4. The van der Waals surface area contributed by atoms with Crippen molar-refractivity contribution >= 4 is 29.3 Å². The first-order valence-corrected chi connectivity index (χ1v) is 9.53. The number of imide groups is 1. The first-order chi connectivity index (χ1) is 12.9. The van der Waals surface area contributed by atoms with Gasteiger partial charge in [-0.25, -0.2) is 0 Å². The largest absolute Gasteiger partial charge is 0.326 e. The Balaban J connectivity index is 1.28. The molecule has 2 N–H and O–H groups in total. The first kappa shape index (κ1) is 16.5. The predicted octanol–water partition coefficient (Wildman–Crippen LogP) is 1.58. The van der Waals surface area contributed by atoms with Gasteiger partial charge in [0.2, 0.25) is 17.7 Å². The number of amides is 4. The highest BCUT2D eigenvalue weighted by molar-refractivity contribution is 6.06.